The van der Waals surface area contributed by atoms with E-state index in [9.17, 15) is 4.79 Å². The van der Waals surface area contributed by atoms with Gasteiger partial charge in [-0.1, -0.05) is 12.2 Å². The van der Waals surface area contributed by atoms with E-state index in [0.29, 0.717) is 0 Å². The predicted octanol–water partition coefficient (Wildman–Crippen LogP) is 2.54. The van der Waals surface area contributed by atoms with Crippen LogP contribution in [-0.2, 0) is 4.79 Å². The molecule has 0 saturated carbocycles. The molecular weight excluding hydrogens is 335 g/mol. The van der Waals surface area contributed by atoms with Crippen LogP contribution in [0.2, 0.25) is 0 Å². The van der Waals surface area contributed by atoms with Crippen LogP contribution in [0.3, 0.4) is 0 Å². The van der Waals surface area contributed by atoms with Crippen LogP contribution in [0.1, 0.15) is 13.8 Å². The first-order valence-electron chi connectivity index (χ1n) is 4.71. The van der Waals surface area contributed by atoms with Crippen molar-refractivity contribution in [2.24, 2.45) is 11.1 Å². The van der Waals surface area contributed by atoms with Gasteiger partial charge in [0.05, 0.1) is 10.4 Å². The van der Waals surface area contributed by atoms with Crippen molar-refractivity contribution >= 4 is 51.4 Å². The van der Waals surface area contributed by atoms with Crippen LogP contribution >= 0.6 is 34.8 Å². The maximum Gasteiger partial charge on any atom is 0.236 e. The zero-order chi connectivity index (χ0) is 12.3. The van der Waals surface area contributed by atoms with Crippen LogP contribution in [-0.4, -0.2) is 10.9 Å². The molecule has 3 N–H and O–H groups in total. The minimum absolute atomic E-state index is 0.190. The van der Waals surface area contributed by atoms with E-state index in [2.05, 4.69) is 27.9 Å². The maximum absolute atomic E-state index is 11.9. The molecule has 0 aliphatic carbocycles. The van der Waals surface area contributed by atoms with Gasteiger partial charge in [-0.3, -0.25) is 4.79 Å². The second-order valence-electron chi connectivity index (χ2n) is 3.95. The molecule has 0 fully saturated rings. The molecule has 0 bridgehead atoms. The summed E-state index contributed by atoms with van der Waals surface area (Å²) in [5.41, 5.74) is 5.43. The van der Waals surface area contributed by atoms with Gasteiger partial charge in [-0.2, -0.15) is 0 Å². The predicted molar refractivity (Wildman–Crippen MR) is 78.4 cm³/mol. The Morgan fingerprint density at radius 2 is 1.88 bits per heavy atom. The number of nitrogens with one attached hydrogen (secondary N) is 1. The summed E-state index contributed by atoms with van der Waals surface area (Å²) < 4.78 is 1.12. The number of rotatable bonds is 3. The number of halogens is 1. The van der Waals surface area contributed by atoms with Gasteiger partial charge in [-0.05, 0) is 60.7 Å². The van der Waals surface area contributed by atoms with Gasteiger partial charge in [0.25, 0.3) is 0 Å². The molecule has 0 aliphatic heterocycles. The fourth-order valence-corrected chi connectivity index (χ4v) is 1.38. The molecular formula is C11H13IN2OS. The van der Waals surface area contributed by atoms with E-state index in [0.717, 1.165) is 9.26 Å². The van der Waals surface area contributed by atoms with Crippen LogP contribution in [0, 0.1) is 8.99 Å². The molecule has 0 heterocycles. The number of carbonyl (C=O) groups is 1. The van der Waals surface area contributed by atoms with Gasteiger partial charge in [-0.15, -0.1) is 0 Å². The first-order chi connectivity index (χ1) is 7.34. The Morgan fingerprint density at radius 3 is 2.31 bits per heavy atom. The van der Waals surface area contributed by atoms with Crippen LogP contribution < -0.4 is 11.1 Å². The van der Waals surface area contributed by atoms with Crippen molar-refractivity contribution < 1.29 is 4.79 Å². The number of thiocarbonyl (C=S) groups is 1. The number of hydrogen-bond acceptors (Lipinski definition) is 2. The van der Waals surface area contributed by atoms with Gasteiger partial charge in [0, 0.05) is 9.26 Å². The summed E-state index contributed by atoms with van der Waals surface area (Å²) in [6.07, 6.45) is 0. The molecule has 0 radical (unpaired) electrons. The normalized spacial score (nSPS) is 10.9. The van der Waals surface area contributed by atoms with Crippen LogP contribution in [0.4, 0.5) is 5.69 Å². The fraction of sp³-hybridized carbons (Fsp3) is 0.273. The summed E-state index contributed by atoms with van der Waals surface area (Å²) in [6, 6.07) is 7.53. The van der Waals surface area contributed by atoms with Gasteiger partial charge in [-0.25, -0.2) is 0 Å². The van der Waals surface area contributed by atoms with E-state index in [1.807, 2.05) is 24.3 Å². The van der Waals surface area contributed by atoms with Gasteiger partial charge in [0.15, 0.2) is 0 Å². The van der Waals surface area contributed by atoms with Crippen molar-refractivity contribution in [2.45, 2.75) is 13.8 Å². The van der Waals surface area contributed by atoms with Gasteiger partial charge < -0.3 is 11.1 Å². The summed E-state index contributed by atoms with van der Waals surface area (Å²) in [4.78, 5) is 12.1. The molecule has 0 unspecified atom stereocenters. The SMILES string of the molecule is CC(C)(C(=O)Nc1ccc(I)cc1)C(N)=S. The molecule has 0 atom stereocenters. The molecule has 3 nitrogen and oxygen atoms in total. The van der Waals surface area contributed by atoms with Crippen molar-refractivity contribution in [1.29, 1.82) is 0 Å². The minimum atomic E-state index is -0.835. The third kappa shape index (κ3) is 3.15. The van der Waals surface area contributed by atoms with Crippen LogP contribution in [0.15, 0.2) is 24.3 Å². The molecule has 1 aromatic rings. The molecule has 86 valence electrons. The van der Waals surface area contributed by atoms with Gasteiger partial charge in [0.1, 0.15) is 0 Å². The largest absolute Gasteiger partial charge is 0.392 e. The third-order valence-electron chi connectivity index (χ3n) is 2.29. The Kier molecular flexibility index (Phi) is 4.26. The number of benzene rings is 1. The molecule has 0 aromatic heterocycles. The Hall–Kier alpha value is -0.690. The van der Waals surface area contributed by atoms with Crippen molar-refractivity contribution in [3.63, 3.8) is 0 Å². The van der Waals surface area contributed by atoms with Gasteiger partial charge in [0.2, 0.25) is 5.91 Å². The second kappa shape index (κ2) is 5.09. The fourth-order valence-electron chi connectivity index (χ4n) is 0.932. The molecule has 0 aliphatic rings. The molecule has 5 heteroatoms. The number of hydrogen-bond donors (Lipinski definition) is 2. The van der Waals surface area contributed by atoms with Crippen molar-refractivity contribution in [2.75, 3.05) is 5.32 Å². The average Bonchev–Trinajstić information content (AvgIpc) is 2.21. The summed E-state index contributed by atoms with van der Waals surface area (Å²) in [7, 11) is 0. The van der Waals surface area contributed by atoms with E-state index in [4.69, 9.17) is 18.0 Å². The summed E-state index contributed by atoms with van der Waals surface area (Å²) in [5.74, 6) is -0.193. The highest BCUT2D eigenvalue weighted by atomic mass is 127. The van der Waals surface area contributed by atoms with Crippen molar-refractivity contribution in [3.05, 3.63) is 27.8 Å². The van der Waals surface area contributed by atoms with E-state index in [1.54, 1.807) is 13.8 Å². The quantitative estimate of drug-likeness (QED) is 0.652. The minimum Gasteiger partial charge on any atom is -0.392 e. The zero-order valence-electron chi connectivity index (χ0n) is 9.08. The number of nitrogens with two attached hydrogens (primary N) is 1. The molecule has 0 spiro atoms. The summed E-state index contributed by atoms with van der Waals surface area (Å²) in [5, 5.41) is 2.78. The third-order valence-corrected chi connectivity index (χ3v) is 3.52. The van der Waals surface area contributed by atoms with Crippen molar-refractivity contribution in [3.8, 4) is 0 Å². The Balaban J connectivity index is 2.79. The zero-order valence-corrected chi connectivity index (χ0v) is 12.1. The number of carbonyl (C=O) groups excluding carboxylic acids is 1. The average molecular weight is 348 g/mol. The van der Waals surface area contributed by atoms with E-state index < -0.39 is 5.41 Å². The highest BCUT2D eigenvalue weighted by molar-refractivity contribution is 14.1. The smallest absolute Gasteiger partial charge is 0.236 e. The molecule has 1 rings (SSSR count). The second-order valence-corrected chi connectivity index (χ2v) is 5.64. The lowest BCUT2D eigenvalue weighted by Gasteiger charge is -2.21. The lowest BCUT2D eigenvalue weighted by atomic mass is 9.92. The van der Waals surface area contributed by atoms with E-state index in [-0.39, 0.29) is 10.9 Å². The Morgan fingerprint density at radius 1 is 1.38 bits per heavy atom. The topological polar surface area (TPSA) is 55.1 Å². The van der Waals surface area contributed by atoms with Crippen LogP contribution in [0.25, 0.3) is 0 Å². The maximum atomic E-state index is 11.9. The lowest BCUT2D eigenvalue weighted by molar-refractivity contribution is -0.121. The highest BCUT2D eigenvalue weighted by Gasteiger charge is 2.30. The molecule has 0 saturated heterocycles. The van der Waals surface area contributed by atoms with E-state index in [1.165, 1.54) is 0 Å². The Labute approximate surface area is 114 Å². The van der Waals surface area contributed by atoms with E-state index >= 15 is 0 Å². The molecule has 1 amide bonds. The summed E-state index contributed by atoms with van der Waals surface area (Å²) >= 11 is 7.06. The van der Waals surface area contributed by atoms with Crippen LogP contribution in [0.5, 0.6) is 0 Å². The number of anilines is 1. The molecule has 16 heavy (non-hydrogen) atoms. The van der Waals surface area contributed by atoms with Crippen molar-refractivity contribution in [1.82, 2.24) is 0 Å². The number of amides is 1. The summed E-state index contributed by atoms with van der Waals surface area (Å²) in [6.45, 7) is 3.41. The standard InChI is InChI=1S/C11H13IN2OS/c1-11(2,9(13)16)10(15)14-8-5-3-7(12)4-6-8/h3-6H,1-2H3,(H2,13,16)(H,14,15). The Bertz CT molecular complexity index is 414. The van der Waals surface area contributed by atoms with Gasteiger partial charge >= 0.3 is 0 Å². The monoisotopic (exact) mass is 348 g/mol. The first-order valence-corrected chi connectivity index (χ1v) is 6.19. The highest BCUT2D eigenvalue weighted by Crippen LogP contribution is 2.19. The first kappa shape index (κ1) is 13.4. The molecule has 1 aromatic carbocycles. The lowest BCUT2D eigenvalue weighted by Crippen LogP contribution is -2.41.